The van der Waals surface area contributed by atoms with Crippen LogP contribution in [0, 0.1) is 0 Å². The predicted molar refractivity (Wildman–Crippen MR) is 27.2 cm³/mol. The van der Waals surface area contributed by atoms with Gasteiger partial charge in [0, 0.05) is 6.42 Å². The maximum absolute atomic E-state index is 8.79. The molecule has 2 N–H and O–H groups in total. The summed E-state index contributed by atoms with van der Waals surface area (Å²) in [6.45, 7) is 0.279. The molecule has 48 valence electrons. The van der Waals surface area contributed by atoms with Gasteiger partial charge in [-0.05, 0) is 6.42 Å². The number of aliphatic hydroxyl groups excluding tert-OH is 2. The fourth-order valence-electron chi connectivity index (χ4n) is 0.724. The second kappa shape index (κ2) is 2.44. The highest BCUT2D eigenvalue weighted by molar-refractivity contribution is 4.60. The van der Waals surface area contributed by atoms with E-state index in [2.05, 4.69) is 0 Å². The highest BCUT2D eigenvalue weighted by Crippen LogP contribution is 2.09. The molecule has 0 aromatic rings. The first-order chi connectivity index (χ1) is 3.79. The average Bonchev–Trinajstić information content (AvgIpc) is 1.77. The first-order valence-corrected chi connectivity index (χ1v) is 2.77. The van der Waals surface area contributed by atoms with E-state index in [-0.39, 0.29) is 12.7 Å². The van der Waals surface area contributed by atoms with Crippen LogP contribution < -0.4 is 0 Å². The lowest BCUT2D eigenvalue weighted by molar-refractivity contribution is -0.155. The molecule has 0 radical (unpaired) electrons. The van der Waals surface area contributed by atoms with Crippen LogP contribution in [0.25, 0.3) is 0 Å². The van der Waals surface area contributed by atoms with Gasteiger partial charge in [-0.1, -0.05) is 0 Å². The molecular weight excluding hydrogens is 108 g/mol. The quantitative estimate of drug-likeness (QED) is 0.450. The Bertz CT molecular complexity index is 56.1. The van der Waals surface area contributed by atoms with Gasteiger partial charge in [0.2, 0.25) is 0 Å². The summed E-state index contributed by atoms with van der Waals surface area (Å²) in [7, 11) is 0. The molecule has 0 unspecified atom stereocenters. The van der Waals surface area contributed by atoms with E-state index in [1.54, 1.807) is 0 Å². The van der Waals surface area contributed by atoms with Crippen LogP contribution in [0.5, 0.6) is 0 Å². The SMILES string of the molecule is O[C@H]1CC[C@@H](O)OC1. The molecule has 0 bridgehead atoms. The van der Waals surface area contributed by atoms with Crippen molar-refractivity contribution in [3.8, 4) is 0 Å². The number of aliphatic hydroxyl groups is 2. The maximum Gasteiger partial charge on any atom is 0.154 e. The Hall–Kier alpha value is -0.120. The fourth-order valence-corrected chi connectivity index (χ4v) is 0.724. The minimum Gasteiger partial charge on any atom is -0.391 e. The summed E-state index contributed by atoms with van der Waals surface area (Å²) in [6.07, 6.45) is 0.208. The monoisotopic (exact) mass is 118 g/mol. The van der Waals surface area contributed by atoms with Gasteiger partial charge >= 0.3 is 0 Å². The van der Waals surface area contributed by atoms with Crippen LogP contribution in [0.3, 0.4) is 0 Å². The molecule has 0 saturated carbocycles. The van der Waals surface area contributed by atoms with Crippen LogP contribution >= 0.6 is 0 Å². The zero-order valence-electron chi connectivity index (χ0n) is 4.58. The fraction of sp³-hybridized carbons (Fsp3) is 1.00. The van der Waals surface area contributed by atoms with Crippen molar-refractivity contribution in [3.63, 3.8) is 0 Å². The molecule has 0 aliphatic carbocycles. The standard InChI is InChI=1S/C5H10O3/c6-4-1-2-5(7)8-3-4/h4-7H,1-3H2/t4-,5-/m0/s1. The van der Waals surface area contributed by atoms with E-state index >= 15 is 0 Å². The largest absolute Gasteiger partial charge is 0.391 e. The minimum absolute atomic E-state index is 0.279. The number of rotatable bonds is 0. The van der Waals surface area contributed by atoms with E-state index in [1.807, 2.05) is 0 Å². The van der Waals surface area contributed by atoms with Crippen molar-refractivity contribution in [3.05, 3.63) is 0 Å². The Labute approximate surface area is 47.9 Å². The summed E-state index contributed by atoms with van der Waals surface area (Å²) >= 11 is 0. The lowest BCUT2D eigenvalue weighted by Crippen LogP contribution is -2.28. The smallest absolute Gasteiger partial charge is 0.154 e. The molecule has 1 fully saturated rings. The normalized spacial score (nSPS) is 39.8. The molecule has 1 rings (SSSR count). The molecule has 3 nitrogen and oxygen atoms in total. The van der Waals surface area contributed by atoms with Crippen LogP contribution in [0.2, 0.25) is 0 Å². The van der Waals surface area contributed by atoms with Crippen molar-refractivity contribution in [1.29, 1.82) is 0 Å². The molecular formula is C5H10O3. The molecule has 1 aliphatic rings. The lowest BCUT2D eigenvalue weighted by atomic mass is 10.2. The van der Waals surface area contributed by atoms with E-state index in [0.717, 1.165) is 0 Å². The number of hydrogen-bond acceptors (Lipinski definition) is 3. The second-order valence-corrected chi connectivity index (χ2v) is 2.02. The predicted octanol–water partition coefficient (Wildman–Crippen LogP) is -0.524. The summed E-state index contributed by atoms with van der Waals surface area (Å²) < 4.78 is 4.70. The summed E-state index contributed by atoms with van der Waals surface area (Å²) in [5.74, 6) is 0. The average molecular weight is 118 g/mol. The highest BCUT2D eigenvalue weighted by Gasteiger charge is 2.16. The molecule has 1 saturated heterocycles. The number of ether oxygens (including phenoxy) is 1. The third kappa shape index (κ3) is 1.43. The van der Waals surface area contributed by atoms with E-state index in [9.17, 15) is 0 Å². The summed E-state index contributed by atoms with van der Waals surface area (Å²) in [5.41, 5.74) is 0. The lowest BCUT2D eigenvalue weighted by Gasteiger charge is -2.21. The Kier molecular flexibility index (Phi) is 1.83. The van der Waals surface area contributed by atoms with Crippen molar-refractivity contribution in [2.45, 2.75) is 25.2 Å². The van der Waals surface area contributed by atoms with Crippen LogP contribution in [0.15, 0.2) is 0 Å². The zero-order chi connectivity index (χ0) is 5.98. The molecule has 8 heavy (non-hydrogen) atoms. The number of hydrogen-bond donors (Lipinski definition) is 2. The molecule has 2 atom stereocenters. The first kappa shape index (κ1) is 6.01. The van der Waals surface area contributed by atoms with Crippen LogP contribution in [-0.4, -0.2) is 29.2 Å². The van der Waals surface area contributed by atoms with Crippen LogP contribution in [0.4, 0.5) is 0 Å². The molecule has 0 aromatic heterocycles. The van der Waals surface area contributed by atoms with Gasteiger partial charge in [-0.2, -0.15) is 0 Å². The van der Waals surface area contributed by atoms with Crippen molar-refractivity contribution >= 4 is 0 Å². The van der Waals surface area contributed by atoms with E-state index in [4.69, 9.17) is 14.9 Å². The van der Waals surface area contributed by atoms with Crippen molar-refractivity contribution in [2.24, 2.45) is 0 Å². The maximum atomic E-state index is 8.79. The van der Waals surface area contributed by atoms with Gasteiger partial charge in [0.15, 0.2) is 6.29 Å². The summed E-state index contributed by atoms with van der Waals surface area (Å²) in [5, 5.41) is 17.5. The third-order valence-electron chi connectivity index (χ3n) is 1.23. The van der Waals surface area contributed by atoms with Crippen molar-refractivity contribution < 1.29 is 14.9 Å². The van der Waals surface area contributed by atoms with Gasteiger partial charge in [-0.15, -0.1) is 0 Å². The molecule has 1 aliphatic heterocycles. The second-order valence-electron chi connectivity index (χ2n) is 2.02. The van der Waals surface area contributed by atoms with E-state index < -0.39 is 6.29 Å². The third-order valence-corrected chi connectivity index (χ3v) is 1.23. The highest BCUT2D eigenvalue weighted by atomic mass is 16.6. The van der Waals surface area contributed by atoms with Gasteiger partial charge < -0.3 is 14.9 Å². The van der Waals surface area contributed by atoms with E-state index in [1.165, 1.54) is 0 Å². The molecule has 3 heteroatoms. The molecule has 0 aromatic carbocycles. The molecule has 0 spiro atoms. The van der Waals surface area contributed by atoms with E-state index in [0.29, 0.717) is 12.8 Å². The van der Waals surface area contributed by atoms with Crippen LogP contribution in [-0.2, 0) is 4.74 Å². The minimum atomic E-state index is -0.640. The molecule has 1 heterocycles. The first-order valence-electron chi connectivity index (χ1n) is 2.77. The summed E-state index contributed by atoms with van der Waals surface area (Å²) in [4.78, 5) is 0. The van der Waals surface area contributed by atoms with Gasteiger partial charge in [0.1, 0.15) is 0 Å². The van der Waals surface area contributed by atoms with Crippen molar-refractivity contribution in [2.75, 3.05) is 6.61 Å². The Balaban J connectivity index is 2.19. The molecule has 0 amide bonds. The van der Waals surface area contributed by atoms with Crippen molar-refractivity contribution in [1.82, 2.24) is 0 Å². The van der Waals surface area contributed by atoms with Gasteiger partial charge in [-0.25, -0.2) is 0 Å². The van der Waals surface area contributed by atoms with Crippen LogP contribution in [0.1, 0.15) is 12.8 Å². The van der Waals surface area contributed by atoms with Gasteiger partial charge in [0.05, 0.1) is 12.7 Å². The Morgan fingerprint density at radius 3 is 2.38 bits per heavy atom. The Morgan fingerprint density at radius 2 is 2.00 bits per heavy atom. The Morgan fingerprint density at radius 1 is 1.25 bits per heavy atom. The van der Waals surface area contributed by atoms with Gasteiger partial charge in [0.25, 0.3) is 0 Å². The van der Waals surface area contributed by atoms with Gasteiger partial charge in [-0.3, -0.25) is 0 Å². The topological polar surface area (TPSA) is 49.7 Å². The zero-order valence-corrected chi connectivity index (χ0v) is 4.58. The summed E-state index contributed by atoms with van der Waals surface area (Å²) in [6, 6.07) is 0.